The highest BCUT2D eigenvalue weighted by Crippen LogP contribution is 2.31. The molecular weight excluding hydrogens is 453 g/mol. The van der Waals surface area contributed by atoms with E-state index in [1.54, 1.807) is 25.3 Å². The van der Waals surface area contributed by atoms with Crippen LogP contribution in [-0.4, -0.2) is 51.0 Å². The Morgan fingerprint density at radius 2 is 1.82 bits per heavy atom. The molecule has 0 spiro atoms. The quantitative estimate of drug-likeness (QED) is 0.451. The van der Waals surface area contributed by atoms with Gasteiger partial charge in [-0.2, -0.15) is 0 Å². The van der Waals surface area contributed by atoms with Crippen molar-refractivity contribution in [1.82, 2.24) is 19.7 Å². The second-order valence-corrected chi connectivity index (χ2v) is 9.71. The van der Waals surface area contributed by atoms with E-state index in [9.17, 15) is 9.18 Å². The highest BCUT2D eigenvalue weighted by atomic mass is 32.2. The molecule has 0 radical (unpaired) electrons. The summed E-state index contributed by atoms with van der Waals surface area (Å²) in [5.41, 5.74) is 1.43. The molecule has 1 aromatic heterocycles. The number of likely N-dealkylation sites (tertiary alicyclic amines) is 1. The Bertz CT molecular complexity index is 1110. The fourth-order valence-electron chi connectivity index (χ4n) is 4.09. The summed E-state index contributed by atoms with van der Waals surface area (Å²) in [5.74, 6) is 1.00. The molecule has 180 valence electrons. The van der Waals surface area contributed by atoms with Gasteiger partial charge in [0.25, 0.3) is 0 Å². The Hall–Kier alpha value is -2.91. The molecule has 1 fully saturated rings. The van der Waals surface area contributed by atoms with Gasteiger partial charge in [-0.15, -0.1) is 10.2 Å². The number of methoxy groups -OCH3 is 1. The first-order valence-electron chi connectivity index (χ1n) is 11.5. The second-order valence-electron chi connectivity index (χ2n) is 8.41. The van der Waals surface area contributed by atoms with Crippen LogP contribution in [0.1, 0.15) is 45.0 Å². The number of ether oxygens (including phenoxy) is 1. The number of hydrogen-bond acceptors (Lipinski definition) is 6. The number of rotatable bonds is 8. The van der Waals surface area contributed by atoms with E-state index in [1.165, 1.54) is 30.3 Å². The van der Waals surface area contributed by atoms with Crippen LogP contribution in [0.3, 0.4) is 0 Å². The van der Waals surface area contributed by atoms with E-state index in [0.717, 1.165) is 37.4 Å². The topological polar surface area (TPSA) is 72.3 Å². The van der Waals surface area contributed by atoms with E-state index in [4.69, 9.17) is 4.74 Å². The Kier molecular flexibility index (Phi) is 7.84. The van der Waals surface area contributed by atoms with Crippen molar-refractivity contribution in [3.63, 3.8) is 0 Å². The zero-order valence-electron chi connectivity index (χ0n) is 19.7. The molecule has 1 aliphatic heterocycles. The van der Waals surface area contributed by atoms with Gasteiger partial charge in [-0.25, -0.2) is 4.39 Å². The summed E-state index contributed by atoms with van der Waals surface area (Å²) in [6.07, 6.45) is 3.57. The number of hydrogen-bond donors (Lipinski definition) is 1. The first-order chi connectivity index (χ1) is 16.5. The summed E-state index contributed by atoms with van der Waals surface area (Å²) < 4.78 is 20.8. The number of thioether (sulfide) groups is 1. The van der Waals surface area contributed by atoms with Crippen LogP contribution in [0.4, 0.5) is 10.1 Å². The molecule has 1 N–H and O–H groups in total. The van der Waals surface area contributed by atoms with Gasteiger partial charge in [-0.1, -0.05) is 24.2 Å². The van der Waals surface area contributed by atoms with Crippen molar-refractivity contribution in [3.8, 4) is 11.4 Å². The maximum atomic E-state index is 13.6. The van der Waals surface area contributed by atoms with Crippen molar-refractivity contribution in [2.75, 3.05) is 25.5 Å². The predicted octanol–water partition coefficient (Wildman–Crippen LogP) is 5.08. The average molecular weight is 484 g/mol. The van der Waals surface area contributed by atoms with Crippen LogP contribution in [0.15, 0.2) is 53.7 Å². The van der Waals surface area contributed by atoms with Crippen LogP contribution in [0.2, 0.25) is 0 Å². The van der Waals surface area contributed by atoms with Gasteiger partial charge >= 0.3 is 0 Å². The van der Waals surface area contributed by atoms with Gasteiger partial charge in [-0.3, -0.25) is 14.3 Å². The molecular formula is C25H30FN5O2S. The predicted molar refractivity (Wildman–Crippen MR) is 132 cm³/mol. The Morgan fingerprint density at radius 3 is 2.53 bits per heavy atom. The molecule has 34 heavy (non-hydrogen) atoms. The molecule has 2 heterocycles. The van der Waals surface area contributed by atoms with Gasteiger partial charge in [0.05, 0.1) is 18.4 Å². The molecule has 3 aromatic rings. The van der Waals surface area contributed by atoms with Crippen LogP contribution < -0.4 is 10.1 Å². The van der Waals surface area contributed by atoms with E-state index in [0.29, 0.717) is 16.6 Å². The first kappa shape index (κ1) is 24.2. The van der Waals surface area contributed by atoms with E-state index < -0.39 is 5.25 Å². The van der Waals surface area contributed by atoms with Gasteiger partial charge in [0.1, 0.15) is 11.6 Å². The number of nitrogens with one attached hydrogen (secondary N) is 1. The summed E-state index contributed by atoms with van der Waals surface area (Å²) in [6.45, 7) is 5.98. The molecule has 0 saturated carbocycles. The lowest BCUT2D eigenvalue weighted by Gasteiger charge is -2.32. The number of aromatic nitrogens is 3. The Labute approximate surface area is 203 Å². The molecule has 2 unspecified atom stereocenters. The third-order valence-electron chi connectivity index (χ3n) is 6.04. The van der Waals surface area contributed by atoms with Crippen molar-refractivity contribution in [1.29, 1.82) is 0 Å². The number of amides is 1. The van der Waals surface area contributed by atoms with E-state index in [2.05, 4.69) is 27.3 Å². The molecule has 1 saturated heterocycles. The molecule has 9 heteroatoms. The summed E-state index contributed by atoms with van der Waals surface area (Å²) in [7, 11) is 1.59. The van der Waals surface area contributed by atoms with Gasteiger partial charge in [-0.05, 0) is 76.2 Å². The van der Waals surface area contributed by atoms with Crippen LogP contribution in [0.5, 0.6) is 5.75 Å². The molecule has 2 aromatic carbocycles. The first-order valence-corrected chi connectivity index (χ1v) is 12.4. The van der Waals surface area contributed by atoms with Crippen LogP contribution in [0, 0.1) is 5.82 Å². The number of benzene rings is 2. The van der Waals surface area contributed by atoms with Crippen molar-refractivity contribution in [2.45, 2.75) is 49.6 Å². The lowest BCUT2D eigenvalue weighted by Crippen LogP contribution is -2.33. The highest BCUT2D eigenvalue weighted by molar-refractivity contribution is 8.00. The Morgan fingerprint density at radius 1 is 1.09 bits per heavy atom. The molecule has 7 nitrogen and oxygen atoms in total. The van der Waals surface area contributed by atoms with Gasteiger partial charge in [0, 0.05) is 17.4 Å². The van der Waals surface area contributed by atoms with E-state index >= 15 is 0 Å². The fraction of sp³-hybridized carbons (Fsp3) is 0.400. The third-order valence-corrected chi connectivity index (χ3v) is 7.09. The number of halogens is 1. The normalized spacial score (nSPS) is 16.1. The third kappa shape index (κ3) is 5.59. The van der Waals surface area contributed by atoms with Crippen molar-refractivity contribution >= 4 is 23.4 Å². The molecule has 1 aliphatic rings. The largest absolute Gasteiger partial charge is 0.497 e. The summed E-state index contributed by atoms with van der Waals surface area (Å²) >= 11 is 1.33. The Balaban J connectivity index is 1.58. The standard InChI is InChI=1S/C25H30FN5O2S/c1-17(30-14-5-4-6-15-30)23-28-29-25(31(23)21-12-10-19(26)11-13-21)34-18(2)24(32)27-20-8-7-9-22(16-20)33-3/h7-13,16-18H,4-6,14-15H2,1-3H3,(H,27,32). The van der Waals surface area contributed by atoms with E-state index in [1.807, 2.05) is 29.7 Å². The smallest absolute Gasteiger partial charge is 0.237 e. The highest BCUT2D eigenvalue weighted by Gasteiger charge is 2.27. The molecule has 2 atom stereocenters. The lowest BCUT2D eigenvalue weighted by atomic mass is 10.1. The monoisotopic (exact) mass is 483 g/mol. The van der Waals surface area contributed by atoms with Gasteiger partial charge < -0.3 is 10.1 Å². The van der Waals surface area contributed by atoms with Gasteiger partial charge in [0.15, 0.2) is 11.0 Å². The van der Waals surface area contributed by atoms with E-state index in [-0.39, 0.29) is 17.8 Å². The van der Waals surface area contributed by atoms with Crippen molar-refractivity contribution in [2.24, 2.45) is 0 Å². The number of piperidine rings is 1. The average Bonchev–Trinajstić information content (AvgIpc) is 3.28. The number of nitrogens with zero attached hydrogens (tertiary/aromatic N) is 4. The fourth-order valence-corrected chi connectivity index (χ4v) is 4.96. The zero-order chi connectivity index (χ0) is 24.1. The van der Waals surface area contributed by atoms with Gasteiger partial charge in [0.2, 0.25) is 5.91 Å². The summed E-state index contributed by atoms with van der Waals surface area (Å²) in [5, 5.41) is 12.0. The minimum atomic E-state index is -0.437. The van der Waals surface area contributed by atoms with Crippen LogP contribution in [-0.2, 0) is 4.79 Å². The summed E-state index contributed by atoms with van der Waals surface area (Å²) in [4.78, 5) is 15.3. The number of carbonyl (C=O) groups excluding carboxylic acids is 1. The number of carbonyl (C=O) groups is 1. The maximum absolute atomic E-state index is 13.6. The van der Waals surface area contributed by atoms with Crippen LogP contribution in [0.25, 0.3) is 5.69 Å². The molecule has 0 bridgehead atoms. The maximum Gasteiger partial charge on any atom is 0.237 e. The van der Waals surface area contributed by atoms with Crippen LogP contribution >= 0.6 is 11.8 Å². The minimum Gasteiger partial charge on any atom is -0.497 e. The van der Waals surface area contributed by atoms with Crippen molar-refractivity contribution in [3.05, 3.63) is 60.2 Å². The number of anilines is 1. The zero-order valence-corrected chi connectivity index (χ0v) is 20.5. The second kappa shape index (κ2) is 11.0. The van der Waals surface area contributed by atoms with Crippen molar-refractivity contribution < 1.29 is 13.9 Å². The summed E-state index contributed by atoms with van der Waals surface area (Å²) in [6, 6.07) is 13.6. The molecule has 4 rings (SSSR count). The molecule has 0 aliphatic carbocycles. The lowest BCUT2D eigenvalue weighted by molar-refractivity contribution is -0.115. The molecule has 1 amide bonds. The minimum absolute atomic E-state index is 0.0492. The SMILES string of the molecule is COc1cccc(NC(=O)C(C)Sc2nnc(C(C)N3CCCCC3)n2-c2ccc(F)cc2)c1.